The monoisotopic (exact) mass is 259 g/mol. The highest BCUT2D eigenvalue weighted by Crippen LogP contribution is 2.29. The van der Waals surface area contributed by atoms with Crippen molar-refractivity contribution >= 4 is 11.3 Å². The second kappa shape index (κ2) is 6.17. The molecule has 0 bridgehead atoms. The van der Waals surface area contributed by atoms with Crippen molar-refractivity contribution in [2.45, 2.75) is 33.7 Å². The summed E-state index contributed by atoms with van der Waals surface area (Å²) in [5, 5.41) is 8.00. The highest BCUT2D eigenvalue weighted by Gasteiger charge is 2.07. The average Bonchev–Trinajstić information content (AvgIpc) is 2.76. The van der Waals surface area contributed by atoms with Gasteiger partial charge in [0.15, 0.2) is 0 Å². The Morgan fingerprint density at radius 2 is 1.78 bits per heavy atom. The van der Waals surface area contributed by atoms with Crippen LogP contribution in [0.4, 0.5) is 0 Å². The first-order chi connectivity index (χ1) is 8.70. The van der Waals surface area contributed by atoms with Crippen molar-refractivity contribution in [3.05, 3.63) is 45.6 Å². The lowest BCUT2D eigenvalue weighted by Gasteiger charge is -2.08. The molecule has 2 rings (SSSR count). The maximum atomic E-state index is 3.48. The maximum Gasteiger partial charge on any atom is 0.0219 e. The van der Waals surface area contributed by atoms with Crippen molar-refractivity contribution in [1.29, 1.82) is 0 Å². The molecule has 0 aliphatic heterocycles. The second-order valence-corrected chi connectivity index (χ2v) is 5.61. The minimum atomic E-state index is 0.972. The molecule has 0 saturated carbocycles. The molecular formula is C16H21NS. The fraction of sp³-hybridized carbons (Fsp3) is 0.375. The van der Waals surface area contributed by atoms with Crippen LogP contribution >= 0.6 is 11.3 Å². The predicted octanol–water partition coefficient (Wildman–Crippen LogP) is 4.53. The van der Waals surface area contributed by atoms with Crippen LogP contribution in [0.3, 0.4) is 0 Å². The Kier molecular flexibility index (Phi) is 4.56. The van der Waals surface area contributed by atoms with Gasteiger partial charge in [-0.2, -0.15) is 11.3 Å². The second-order valence-electron chi connectivity index (χ2n) is 4.86. The fourth-order valence-corrected chi connectivity index (χ4v) is 3.11. The molecule has 0 fully saturated rings. The van der Waals surface area contributed by atoms with Crippen LogP contribution < -0.4 is 5.32 Å². The smallest absolute Gasteiger partial charge is 0.0219 e. The highest BCUT2D eigenvalue weighted by molar-refractivity contribution is 7.08. The van der Waals surface area contributed by atoms with E-state index in [1.54, 1.807) is 11.3 Å². The van der Waals surface area contributed by atoms with E-state index >= 15 is 0 Å². The zero-order chi connectivity index (χ0) is 13.0. The average molecular weight is 259 g/mol. The Morgan fingerprint density at radius 3 is 2.44 bits per heavy atom. The lowest BCUT2D eigenvalue weighted by molar-refractivity contribution is 0.677. The van der Waals surface area contributed by atoms with Gasteiger partial charge >= 0.3 is 0 Å². The Hall–Kier alpha value is -1.12. The number of nitrogens with one attached hydrogen (secondary N) is 1. The molecule has 0 aliphatic carbocycles. The molecular weight excluding hydrogens is 238 g/mol. The zero-order valence-corrected chi connectivity index (χ0v) is 12.2. The number of aryl methyl sites for hydroxylation is 2. The third-order valence-electron chi connectivity index (χ3n) is 3.02. The van der Waals surface area contributed by atoms with Crippen molar-refractivity contribution < 1.29 is 0 Å². The summed E-state index contributed by atoms with van der Waals surface area (Å²) in [5.74, 6) is 0. The molecule has 0 atom stereocenters. The number of thiophene rings is 1. The van der Waals surface area contributed by atoms with E-state index in [0.29, 0.717) is 0 Å². The quantitative estimate of drug-likeness (QED) is 0.778. The molecule has 1 N–H and O–H groups in total. The van der Waals surface area contributed by atoms with Crippen molar-refractivity contribution in [1.82, 2.24) is 5.32 Å². The van der Waals surface area contributed by atoms with Gasteiger partial charge in [-0.25, -0.2) is 0 Å². The molecule has 96 valence electrons. The summed E-state index contributed by atoms with van der Waals surface area (Å²) in [5.41, 5.74) is 6.82. The molecule has 0 saturated heterocycles. The van der Waals surface area contributed by atoms with Crippen molar-refractivity contribution in [2.75, 3.05) is 6.54 Å². The van der Waals surface area contributed by atoms with E-state index in [1.807, 2.05) is 0 Å². The van der Waals surface area contributed by atoms with E-state index in [1.165, 1.54) is 34.2 Å². The largest absolute Gasteiger partial charge is 0.313 e. The van der Waals surface area contributed by atoms with Crippen molar-refractivity contribution in [3.63, 3.8) is 0 Å². The molecule has 0 unspecified atom stereocenters. The van der Waals surface area contributed by atoms with Crippen LogP contribution in [-0.2, 0) is 6.54 Å². The molecule has 0 amide bonds. The Bertz CT molecular complexity index is 493. The predicted molar refractivity (Wildman–Crippen MR) is 81.2 cm³/mol. The molecule has 2 heteroatoms. The third kappa shape index (κ3) is 3.21. The molecule has 0 aliphatic rings. The van der Waals surface area contributed by atoms with Gasteiger partial charge in [0.05, 0.1) is 0 Å². The van der Waals surface area contributed by atoms with Gasteiger partial charge in [-0.05, 0) is 54.3 Å². The van der Waals surface area contributed by atoms with Gasteiger partial charge in [0.2, 0.25) is 0 Å². The first-order valence-corrected chi connectivity index (χ1v) is 7.49. The molecule has 1 aromatic carbocycles. The number of hydrogen-bond donors (Lipinski definition) is 1. The normalized spacial score (nSPS) is 10.8. The SMILES string of the molecule is CCCNCc1cscc1-c1cc(C)cc(C)c1. The van der Waals surface area contributed by atoms with Gasteiger partial charge in [-0.3, -0.25) is 0 Å². The summed E-state index contributed by atoms with van der Waals surface area (Å²) in [6.07, 6.45) is 1.18. The first kappa shape index (κ1) is 13.3. The van der Waals surface area contributed by atoms with E-state index in [0.717, 1.165) is 13.1 Å². The summed E-state index contributed by atoms with van der Waals surface area (Å²) < 4.78 is 0. The summed E-state index contributed by atoms with van der Waals surface area (Å²) in [6, 6.07) is 6.78. The lowest BCUT2D eigenvalue weighted by atomic mass is 10.00. The topological polar surface area (TPSA) is 12.0 Å². The molecule has 1 nitrogen and oxygen atoms in total. The Morgan fingerprint density at radius 1 is 1.06 bits per heavy atom. The van der Waals surface area contributed by atoms with Gasteiger partial charge in [0.25, 0.3) is 0 Å². The standard InChI is InChI=1S/C16H21NS/c1-4-5-17-9-15-10-18-11-16(15)14-7-12(2)6-13(3)8-14/h6-8,10-11,17H,4-5,9H2,1-3H3. The van der Waals surface area contributed by atoms with E-state index in [4.69, 9.17) is 0 Å². The van der Waals surface area contributed by atoms with Crippen LogP contribution in [0.5, 0.6) is 0 Å². The van der Waals surface area contributed by atoms with E-state index in [9.17, 15) is 0 Å². The Labute approximate surface area is 114 Å². The Balaban J connectivity index is 2.24. The molecule has 0 spiro atoms. The number of benzene rings is 1. The van der Waals surface area contributed by atoms with Crippen LogP contribution in [0.1, 0.15) is 30.0 Å². The highest BCUT2D eigenvalue weighted by atomic mass is 32.1. The zero-order valence-electron chi connectivity index (χ0n) is 11.4. The number of rotatable bonds is 5. The maximum absolute atomic E-state index is 3.48. The molecule has 2 aromatic rings. The minimum absolute atomic E-state index is 0.972. The van der Waals surface area contributed by atoms with Gasteiger partial charge in [0.1, 0.15) is 0 Å². The molecule has 1 heterocycles. The van der Waals surface area contributed by atoms with Crippen LogP contribution in [0, 0.1) is 13.8 Å². The van der Waals surface area contributed by atoms with Gasteiger partial charge in [-0.15, -0.1) is 0 Å². The van der Waals surface area contributed by atoms with Gasteiger partial charge < -0.3 is 5.32 Å². The van der Waals surface area contributed by atoms with Crippen LogP contribution in [0.15, 0.2) is 29.0 Å². The minimum Gasteiger partial charge on any atom is -0.313 e. The van der Waals surface area contributed by atoms with E-state index in [-0.39, 0.29) is 0 Å². The van der Waals surface area contributed by atoms with Gasteiger partial charge in [-0.1, -0.05) is 36.2 Å². The summed E-state index contributed by atoms with van der Waals surface area (Å²) in [7, 11) is 0. The molecule has 18 heavy (non-hydrogen) atoms. The van der Waals surface area contributed by atoms with Crippen LogP contribution in [0.25, 0.3) is 11.1 Å². The van der Waals surface area contributed by atoms with E-state index < -0.39 is 0 Å². The summed E-state index contributed by atoms with van der Waals surface area (Å²) in [6.45, 7) is 8.59. The molecule has 0 radical (unpaired) electrons. The number of hydrogen-bond acceptors (Lipinski definition) is 2. The van der Waals surface area contributed by atoms with Crippen LogP contribution in [0.2, 0.25) is 0 Å². The van der Waals surface area contributed by atoms with Gasteiger partial charge in [0, 0.05) is 6.54 Å². The molecule has 1 aromatic heterocycles. The van der Waals surface area contributed by atoms with E-state index in [2.05, 4.69) is 55.0 Å². The lowest BCUT2D eigenvalue weighted by Crippen LogP contribution is -2.13. The third-order valence-corrected chi connectivity index (χ3v) is 3.81. The van der Waals surface area contributed by atoms with Crippen molar-refractivity contribution in [3.8, 4) is 11.1 Å². The fourth-order valence-electron chi connectivity index (χ4n) is 2.24. The van der Waals surface area contributed by atoms with Crippen molar-refractivity contribution in [2.24, 2.45) is 0 Å². The summed E-state index contributed by atoms with van der Waals surface area (Å²) in [4.78, 5) is 0. The summed E-state index contributed by atoms with van der Waals surface area (Å²) >= 11 is 1.79. The van der Waals surface area contributed by atoms with Crippen LogP contribution in [-0.4, -0.2) is 6.54 Å². The first-order valence-electron chi connectivity index (χ1n) is 6.55.